The Hall–Kier alpha value is -1.94. The van der Waals surface area contributed by atoms with Gasteiger partial charge in [-0.15, -0.1) is 0 Å². The van der Waals surface area contributed by atoms with Crippen molar-refractivity contribution in [3.8, 4) is 5.75 Å². The van der Waals surface area contributed by atoms with E-state index < -0.39 is 11.9 Å². The summed E-state index contributed by atoms with van der Waals surface area (Å²) in [5, 5.41) is 10.2. The molecule has 0 aliphatic heterocycles. The number of benzene rings is 1. The molecule has 1 unspecified atom stereocenters. The van der Waals surface area contributed by atoms with Crippen molar-refractivity contribution in [2.75, 3.05) is 7.11 Å². The summed E-state index contributed by atoms with van der Waals surface area (Å²) in [6.45, 7) is 1.90. The summed E-state index contributed by atoms with van der Waals surface area (Å²) in [5.41, 5.74) is 2.20. The Balaban J connectivity index is 2.36. The van der Waals surface area contributed by atoms with Gasteiger partial charge in [-0.1, -0.05) is 12.1 Å². The minimum Gasteiger partial charge on any atom is -0.494 e. The second kappa shape index (κ2) is 5.14. The van der Waals surface area contributed by atoms with Gasteiger partial charge in [-0.05, 0) is 30.2 Å². The molecule has 2 aromatic rings. The highest BCUT2D eigenvalue weighted by molar-refractivity contribution is 5.36. The average Bonchev–Trinajstić information content (AvgIpc) is 2.38. The molecule has 1 atom stereocenters. The second-order valence-corrected chi connectivity index (χ2v) is 4.09. The molecule has 2 rings (SSSR count). The van der Waals surface area contributed by atoms with Crippen LogP contribution >= 0.6 is 0 Å². The molecular formula is C14H14FNO2. The first kappa shape index (κ1) is 12.5. The molecule has 0 fully saturated rings. The molecule has 0 bridgehead atoms. The highest BCUT2D eigenvalue weighted by Crippen LogP contribution is 2.26. The smallest absolute Gasteiger partial charge is 0.165 e. The molecule has 1 heterocycles. The number of rotatable bonds is 3. The van der Waals surface area contributed by atoms with E-state index >= 15 is 0 Å². The van der Waals surface area contributed by atoms with Crippen molar-refractivity contribution in [2.24, 2.45) is 0 Å². The topological polar surface area (TPSA) is 42.4 Å². The molecule has 0 aliphatic rings. The minimum absolute atomic E-state index is 0.118. The lowest BCUT2D eigenvalue weighted by Crippen LogP contribution is -2.02. The van der Waals surface area contributed by atoms with Crippen LogP contribution < -0.4 is 4.74 Å². The molecule has 0 radical (unpaired) electrons. The standard InChI is InChI=1S/C14H14FNO2/c1-9-5-11(8-16-7-9)14(17)10-3-4-12(15)13(6-10)18-2/h3-8,14,17H,1-2H3. The first-order valence-electron chi connectivity index (χ1n) is 5.55. The molecule has 1 aromatic carbocycles. The molecule has 0 aliphatic carbocycles. The summed E-state index contributed by atoms with van der Waals surface area (Å²) in [7, 11) is 1.39. The summed E-state index contributed by atoms with van der Waals surface area (Å²) in [6, 6.07) is 6.14. The van der Waals surface area contributed by atoms with Gasteiger partial charge in [0.1, 0.15) is 6.10 Å². The first-order valence-corrected chi connectivity index (χ1v) is 5.55. The number of halogens is 1. The molecule has 0 amide bonds. The maximum atomic E-state index is 13.3. The monoisotopic (exact) mass is 247 g/mol. The molecule has 3 nitrogen and oxygen atoms in total. The van der Waals surface area contributed by atoms with E-state index in [1.807, 2.05) is 13.0 Å². The normalized spacial score (nSPS) is 12.2. The van der Waals surface area contributed by atoms with E-state index in [-0.39, 0.29) is 5.75 Å². The third kappa shape index (κ3) is 2.49. The summed E-state index contributed by atoms with van der Waals surface area (Å²) >= 11 is 0. The predicted molar refractivity (Wildman–Crippen MR) is 66.0 cm³/mol. The van der Waals surface area contributed by atoms with Crippen LogP contribution in [0.25, 0.3) is 0 Å². The van der Waals surface area contributed by atoms with Gasteiger partial charge in [0.2, 0.25) is 0 Å². The fourth-order valence-electron chi connectivity index (χ4n) is 1.77. The largest absolute Gasteiger partial charge is 0.494 e. The molecular weight excluding hydrogens is 233 g/mol. The molecule has 1 aromatic heterocycles. The third-order valence-electron chi connectivity index (χ3n) is 2.70. The number of methoxy groups -OCH3 is 1. The van der Waals surface area contributed by atoms with Gasteiger partial charge in [-0.25, -0.2) is 4.39 Å². The van der Waals surface area contributed by atoms with Gasteiger partial charge in [0.15, 0.2) is 11.6 Å². The van der Waals surface area contributed by atoms with E-state index in [4.69, 9.17) is 4.74 Å². The van der Waals surface area contributed by atoms with Crippen LogP contribution in [0, 0.1) is 12.7 Å². The molecule has 1 N–H and O–H groups in total. The number of aliphatic hydroxyl groups is 1. The fourth-order valence-corrected chi connectivity index (χ4v) is 1.77. The Kier molecular flexibility index (Phi) is 3.58. The van der Waals surface area contributed by atoms with Gasteiger partial charge in [0.25, 0.3) is 0 Å². The molecule has 0 saturated carbocycles. The van der Waals surface area contributed by atoms with Gasteiger partial charge in [0.05, 0.1) is 7.11 Å². The summed E-state index contributed by atoms with van der Waals surface area (Å²) in [4.78, 5) is 4.03. The molecule has 94 valence electrons. The number of aryl methyl sites for hydroxylation is 1. The number of aliphatic hydroxyl groups excluding tert-OH is 1. The Morgan fingerprint density at radius 1 is 1.22 bits per heavy atom. The highest BCUT2D eigenvalue weighted by Gasteiger charge is 2.13. The number of nitrogens with zero attached hydrogens (tertiary/aromatic N) is 1. The van der Waals surface area contributed by atoms with Gasteiger partial charge in [0, 0.05) is 18.0 Å². The van der Waals surface area contributed by atoms with Crippen molar-refractivity contribution in [1.82, 2.24) is 4.98 Å². The van der Waals surface area contributed by atoms with E-state index in [0.29, 0.717) is 11.1 Å². The van der Waals surface area contributed by atoms with Crippen LogP contribution in [0.1, 0.15) is 22.8 Å². The lowest BCUT2D eigenvalue weighted by atomic mass is 10.0. The van der Waals surface area contributed by atoms with Crippen LogP contribution in [0.5, 0.6) is 5.75 Å². The van der Waals surface area contributed by atoms with Crippen molar-refractivity contribution in [2.45, 2.75) is 13.0 Å². The summed E-state index contributed by atoms with van der Waals surface area (Å²) < 4.78 is 18.2. The fraction of sp³-hybridized carbons (Fsp3) is 0.214. The highest BCUT2D eigenvalue weighted by atomic mass is 19.1. The molecule has 0 spiro atoms. The summed E-state index contributed by atoms with van der Waals surface area (Å²) in [6.07, 6.45) is 2.46. The Morgan fingerprint density at radius 3 is 2.67 bits per heavy atom. The van der Waals surface area contributed by atoms with E-state index in [0.717, 1.165) is 5.56 Å². The van der Waals surface area contributed by atoms with Crippen LogP contribution in [-0.4, -0.2) is 17.2 Å². The van der Waals surface area contributed by atoms with Gasteiger partial charge in [-0.3, -0.25) is 4.98 Å². The van der Waals surface area contributed by atoms with E-state index in [1.54, 1.807) is 12.4 Å². The van der Waals surface area contributed by atoms with Crippen molar-refractivity contribution in [1.29, 1.82) is 0 Å². The van der Waals surface area contributed by atoms with Crippen molar-refractivity contribution < 1.29 is 14.2 Å². The van der Waals surface area contributed by atoms with Crippen LogP contribution in [0.2, 0.25) is 0 Å². The number of ether oxygens (including phenoxy) is 1. The van der Waals surface area contributed by atoms with Gasteiger partial charge < -0.3 is 9.84 Å². The average molecular weight is 247 g/mol. The van der Waals surface area contributed by atoms with Crippen LogP contribution in [0.4, 0.5) is 4.39 Å². The molecule has 0 saturated heterocycles. The van der Waals surface area contributed by atoms with Gasteiger partial charge in [-0.2, -0.15) is 0 Å². The first-order chi connectivity index (χ1) is 8.61. The SMILES string of the molecule is COc1cc(C(O)c2cncc(C)c2)ccc1F. The zero-order valence-corrected chi connectivity index (χ0v) is 10.2. The Bertz CT molecular complexity index is 557. The quantitative estimate of drug-likeness (QED) is 0.906. The second-order valence-electron chi connectivity index (χ2n) is 4.09. The maximum Gasteiger partial charge on any atom is 0.165 e. The molecule has 4 heteroatoms. The van der Waals surface area contributed by atoms with Crippen LogP contribution in [-0.2, 0) is 0 Å². The minimum atomic E-state index is -0.841. The zero-order valence-electron chi connectivity index (χ0n) is 10.2. The lowest BCUT2D eigenvalue weighted by molar-refractivity contribution is 0.219. The van der Waals surface area contributed by atoms with Gasteiger partial charge >= 0.3 is 0 Å². The summed E-state index contributed by atoms with van der Waals surface area (Å²) in [5.74, 6) is -0.331. The number of hydrogen-bond donors (Lipinski definition) is 1. The predicted octanol–water partition coefficient (Wildman–Crippen LogP) is 2.62. The zero-order chi connectivity index (χ0) is 13.1. The van der Waals surface area contributed by atoms with E-state index in [9.17, 15) is 9.50 Å². The maximum absolute atomic E-state index is 13.3. The Labute approximate surface area is 105 Å². The number of pyridine rings is 1. The third-order valence-corrected chi connectivity index (χ3v) is 2.70. The van der Waals surface area contributed by atoms with Crippen molar-refractivity contribution in [3.63, 3.8) is 0 Å². The van der Waals surface area contributed by atoms with Crippen molar-refractivity contribution >= 4 is 0 Å². The van der Waals surface area contributed by atoms with E-state index in [1.165, 1.54) is 25.3 Å². The number of aromatic nitrogens is 1. The lowest BCUT2D eigenvalue weighted by Gasteiger charge is -2.13. The van der Waals surface area contributed by atoms with E-state index in [2.05, 4.69) is 4.98 Å². The Morgan fingerprint density at radius 2 is 2.00 bits per heavy atom. The van der Waals surface area contributed by atoms with Crippen molar-refractivity contribution in [3.05, 3.63) is 59.2 Å². The molecule has 18 heavy (non-hydrogen) atoms. The van der Waals surface area contributed by atoms with Crippen LogP contribution in [0.15, 0.2) is 36.7 Å². The van der Waals surface area contributed by atoms with Crippen LogP contribution in [0.3, 0.4) is 0 Å². The number of hydrogen-bond acceptors (Lipinski definition) is 3.